The smallest absolute Gasteiger partial charge is 0.00438 e. The van der Waals surface area contributed by atoms with Crippen LogP contribution >= 0.6 is 0 Å². The van der Waals surface area contributed by atoms with E-state index in [0.29, 0.717) is 5.41 Å². The first-order valence-corrected chi connectivity index (χ1v) is 7.83. The topological polar surface area (TPSA) is 0 Å². The van der Waals surface area contributed by atoms with Crippen molar-refractivity contribution in [3.63, 3.8) is 0 Å². The highest BCUT2D eigenvalue weighted by atomic mass is 14.5. The molecule has 0 amide bonds. The largest absolute Gasteiger partial charge is 0.0654 e. The fraction of sp³-hybridized carbons (Fsp3) is 0.667. The Labute approximate surface area is 113 Å². The summed E-state index contributed by atoms with van der Waals surface area (Å²) in [7, 11) is 0. The van der Waals surface area contributed by atoms with Gasteiger partial charge < -0.3 is 0 Å². The Morgan fingerprint density at radius 1 is 1.00 bits per heavy atom. The monoisotopic (exact) mass is 244 g/mol. The van der Waals surface area contributed by atoms with E-state index in [1.54, 1.807) is 5.56 Å². The number of benzene rings is 1. The minimum Gasteiger partial charge on any atom is -0.0654 e. The van der Waals surface area contributed by atoms with Crippen molar-refractivity contribution < 1.29 is 0 Å². The Hall–Kier alpha value is -0.780. The van der Waals surface area contributed by atoms with Crippen LogP contribution in [-0.4, -0.2) is 0 Å². The summed E-state index contributed by atoms with van der Waals surface area (Å²) < 4.78 is 0. The molecule has 1 aromatic rings. The van der Waals surface area contributed by atoms with Crippen molar-refractivity contribution in [2.24, 2.45) is 5.92 Å². The molecule has 0 aromatic heterocycles. The zero-order valence-electron chi connectivity index (χ0n) is 12.1. The van der Waals surface area contributed by atoms with E-state index in [1.807, 2.05) is 0 Å². The summed E-state index contributed by atoms with van der Waals surface area (Å²) in [5.41, 5.74) is 2.06. The molecule has 2 unspecified atom stereocenters. The van der Waals surface area contributed by atoms with Crippen LogP contribution in [0.25, 0.3) is 0 Å². The van der Waals surface area contributed by atoms with Crippen molar-refractivity contribution in [2.45, 2.75) is 70.6 Å². The third-order valence-corrected chi connectivity index (χ3v) is 4.75. The second kappa shape index (κ2) is 6.41. The van der Waals surface area contributed by atoms with E-state index in [2.05, 4.69) is 44.2 Å². The van der Waals surface area contributed by atoms with Crippen LogP contribution in [0, 0.1) is 5.92 Å². The Kier molecular flexibility index (Phi) is 4.86. The van der Waals surface area contributed by atoms with Crippen LogP contribution in [0.15, 0.2) is 30.3 Å². The first kappa shape index (κ1) is 13.6. The fourth-order valence-electron chi connectivity index (χ4n) is 3.22. The van der Waals surface area contributed by atoms with Crippen LogP contribution in [0.2, 0.25) is 0 Å². The molecule has 1 aliphatic carbocycles. The molecule has 2 rings (SSSR count). The highest BCUT2D eigenvalue weighted by Crippen LogP contribution is 2.56. The van der Waals surface area contributed by atoms with Gasteiger partial charge in [0, 0.05) is 0 Å². The zero-order valence-corrected chi connectivity index (χ0v) is 12.1. The molecule has 0 saturated heterocycles. The second-order valence-corrected chi connectivity index (χ2v) is 6.24. The maximum absolute atomic E-state index is 2.45. The van der Waals surface area contributed by atoms with E-state index < -0.39 is 0 Å². The van der Waals surface area contributed by atoms with Gasteiger partial charge in [-0.2, -0.15) is 0 Å². The normalized spacial score (nSPS) is 26.2. The van der Waals surface area contributed by atoms with Crippen LogP contribution in [0.5, 0.6) is 0 Å². The molecule has 0 aliphatic heterocycles. The van der Waals surface area contributed by atoms with Gasteiger partial charge in [0.1, 0.15) is 0 Å². The average molecular weight is 244 g/mol. The molecule has 0 bridgehead atoms. The maximum atomic E-state index is 2.45. The lowest BCUT2D eigenvalue weighted by atomic mass is 9.93. The van der Waals surface area contributed by atoms with Gasteiger partial charge in [-0.05, 0) is 29.7 Å². The zero-order chi connectivity index (χ0) is 12.8. The molecule has 1 aliphatic rings. The van der Waals surface area contributed by atoms with E-state index in [-0.39, 0.29) is 0 Å². The van der Waals surface area contributed by atoms with Crippen molar-refractivity contribution in [1.29, 1.82) is 0 Å². The van der Waals surface area contributed by atoms with Gasteiger partial charge in [0.2, 0.25) is 0 Å². The summed E-state index contributed by atoms with van der Waals surface area (Å²) in [5.74, 6) is 0.950. The van der Waals surface area contributed by atoms with Crippen molar-refractivity contribution >= 4 is 0 Å². The molecular weight excluding hydrogens is 216 g/mol. The molecule has 0 spiro atoms. The highest BCUT2D eigenvalue weighted by molar-refractivity contribution is 5.32. The Morgan fingerprint density at radius 3 is 2.39 bits per heavy atom. The lowest BCUT2D eigenvalue weighted by Gasteiger charge is -2.11. The quantitative estimate of drug-likeness (QED) is 0.513. The van der Waals surface area contributed by atoms with Gasteiger partial charge in [-0.3, -0.25) is 0 Å². The minimum atomic E-state index is 0.505. The molecule has 0 nitrogen and oxygen atoms in total. The lowest BCUT2D eigenvalue weighted by molar-refractivity contribution is 0.537. The molecule has 1 aromatic carbocycles. The van der Waals surface area contributed by atoms with Gasteiger partial charge in [0.15, 0.2) is 0 Å². The minimum absolute atomic E-state index is 0.505. The maximum Gasteiger partial charge on any atom is -0.00438 e. The summed E-state index contributed by atoms with van der Waals surface area (Å²) in [6.07, 6.45) is 11.4. The third-order valence-electron chi connectivity index (χ3n) is 4.75. The van der Waals surface area contributed by atoms with Gasteiger partial charge in [0.05, 0.1) is 0 Å². The highest BCUT2D eigenvalue weighted by Gasteiger charge is 2.49. The van der Waals surface area contributed by atoms with Gasteiger partial charge in [-0.15, -0.1) is 0 Å². The Bertz CT molecular complexity index is 340. The van der Waals surface area contributed by atoms with Crippen molar-refractivity contribution in [2.75, 3.05) is 0 Å². The third kappa shape index (κ3) is 3.37. The van der Waals surface area contributed by atoms with E-state index in [1.165, 1.54) is 51.4 Å². The Balaban J connectivity index is 1.65. The van der Waals surface area contributed by atoms with E-state index in [4.69, 9.17) is 0 Å². The molecular formula is C18H28. The molecule has 1 fully saturated rings. The van der Waals surface area contributed by atoms with Crippen LogP contribution in [0.3, 0.4) is 0 Å². The van der Waals surface area contributed by atoms with E-state index >= 15 is 0 Å². The number of hydrogen-bond donors (Lipinski definition) is 0. The van der Waals surface area contributed by atoms with Crippen LogP contribution in [-0.2, 0) is 5.41 Å². The molecule has 1 saturated carbocycles. The molecule has 0 N–H and O–H groups in total. The van der Waals surface area contributed by atoms with E-state index in [9.17, 15) is 0 Å². The van der Waals surface area contributed by atoms with Crippen LogP contribution < -0.4 is 0 Å². The van der Waals surface area contributed by atoms with Gasteiger partial charge in [0.25, 0.3) is 0 Å². The van der Waals surface area contributed by atoms with E-state index in [0.717, 1.165) is 5.92 Å². The molecule has 0 heteroatoms. The van der Waals surface area contributed by atoms with Crippen molar-refractivity contribution in [1.82, 2.24) is 0 Å². The lowest BCUT2D eigenvalue weighted by Crippen LogP contribution is -2.03. The molecule has 0 heterocycles. The number of hydrogen-bond acceptors (Lipinski definition) is 0. The SMILES string of the molecule is CCCCCCCCC1CC1(C)c1ccccc1. The molecule has 100 valence electrons. The predicted molar refractivity (Wildman–Crippen MR) is 79.9 cm³/mol. The summed E-state index contributed by atoms with van der Waals surface area (Å²) in [6.45, 7) is 4.74. The summed E-state index contributed by atoms with van der Waals surface area (Å²) in [4.78, 5) is 0. The molecule has 18 heavy (non-hydrogen) atoms. The van der Waals surface area contributed by atoms with Crippen LogP contribution in [0.4, 0.5) is 0 Å². The van der Waals surface area contributed by atoms with Crippen molar-refractivity contribution in [3.8, 4) is 0 Å². The van der Waals surface area contributed by atoms with Crippen LogP contribution in [0.1, 0.15) is 70.8 Å². The number of unbranched alkanes of at least 4 members (excludes halogenated alkanes) is 5. The Morgan fingerprint density at radius 2 is 1.67 bits per heavy atom. The first-order chi connectivity index (χ1) is 8.77. The average Bonchev–Trinajstić information content (AvgIpc) is 3.07. The summed E-state index contributed by atoms with van der Waals surface area (Å²) in [6, 6.07) is 11.1. The standard InChI is InChI=1S/C18H28/c1-3-4-5-6-7-9-14-17-15-18(17,2)16-12-10-8-11-13-16/h8,10-13,17H,3-7,9,14-15H2,1-2H3. The molecule has 0 radical (unpaired) electrons. The fourth-order valence-corrected chi connectivity index (χ4v) is 3.22. The first-order valence-electron chi connectivity index (χ1n) is 7.83. The van der Waals surface area contributed by atoms with Gasteiger partial charge in [-0.25, -0.2) is 0 Å². The van der Waals surface area contributed by atoms with Crippen molar-refractivity contribution in [3.05, 3.63) is 35.9 Å². The number of rotatable bonds is 8. The molecule has 2 atom stereocenters. The van der Waals surface area contributed by atoms with Gasteiger partial charge in [-0.1, -0.05) is 82.7 Å². The second-order valence-electron chi connectivity index (χ2n) is 6.24. The predicted octanol–water partition coefficient (Wildman–Crippen LogP) is 5.71. The summed E-state index contributed by atoms with van der Waals surface area (Å²) >= 11 is 0. The summed E-state index contributed by atoms with van der Waals surface area (Å²) in [5, 5.41) is 0. The van der Waals surface area contributed by atoms with Gasteiger partial charge >= 0.3 is 0 Å².